The fourth-order valence-electron chi connectivity index (χ4n) is 2.82. The first kappa shape index (κ1) is 15.3. The summed E-state index contributed by atoms with van der Waals surface area (Å²) in [7, 11) is 1.49. The maximum Gasteiger partial charge on any atom is 0.327 e. The highest BCUT2D eigenvalue weighted by atomic mass is 16.4. The Morgan fingerprint density at radius 2 is 1.95 bits per heavy atom. The highest BCUT2D eigenvalue weighted by molar-refractivity contribution is 6.04. The second-order valence-corrected chi connectivity index (χ2v) is 5.52. The van der Waals surface area contributed by atoms with Crippen LogP contribution in [-0.2, 0) is 14.4 Å². The van der Waals surface area contributed by atoms with E-state index in [1.807, 2.05) is 0 Å². The van der Waals surface area contributed by atoms with Gasteiger partial charge in [-0.15, -0.1) is 0 Å². The van der Waals surface area contributed by atoms with Crippen LogP contribution in [0, 0.1) is 5.92 Å². The molecule has 0 bridgehead atoms. The Bertz CT molecular complexity index is 478. The Morgan fingerprint density at radius 1 is 1.29 bits per heavy atom. The number of carboxylic acid groups (broad SMARTS) is 1. The minimum absolute atomic E-state index is 0.0344. The molecule has 4 amide bonds. The number of aliphatic carboxylic acids is 1. The van der Waals surface area contributed by atoms with Crippen molar-refractivity contribution in [1.82, 2.24) is 15.1 Å². The van der Waals surface area contributed by atoms with Crippen molar-refractivity contribution >= 4 is 23.8 Å². The number of hydrogen-bond acceptors (Lipinski definition) is 4. The minimum atomic E-state index is -0.923. The van der Waals surface area contributed by atoms with Crippen LogP contribution < -0.4 is 5.32 Å². The summed E-state index contributed by atoms with van der Waals surface area (Å²) in [5.74, 6) is -2.44. The van der Waals surface area contributed by atoms with Gasteiger partial charge in [0.1, 0.15) is 13.1 Å². The number of urea groups is 1. The lowest BCUT2D eigenvalue weighted by atomic mass is 9.84. The zero-order chi connectivity index (χ0) is 15.6. The summed E-state index contributed by atoms with van der Waals surface area (Å²) in [5, 5.41) is 11.8. The normalized spacial score (nSPS) is 26.1. The van der Waals surface area contributed by atoms with E-state index in [4.69, 9.17) is 5.11 Å². The predicted octanol–water partition coefficient (Wildman–Crippen LogP) is -0.360. The molecule has 1 aliphatic carbocycles. The summed E-state index contributed by atoms with van der Waals surface area (Å²) in [4.78, 5) is 48.5. The summed E-state index contributed by atoms with van der Waals surface area (Å²) in [6.07, 6.45) is 2.82. The standard InChI is InChI=1S/C13H19N3O5/c1-15-7-11(18)16(13(15)21)6-10(17)14-9-5-3-2-4-8(9)12(19)20/h8-9H,2-7H2,1H3,(H,14,17)(H,19,20). The van der Waals surface area contributed by atoms with Gasteiger partial charge in [0.15, 0.2) is 0 Å². The lowest BCUT2D eigenvalue weighted by molar-refractivity contribution is -0.144. The molecule has 2 aliphatic rings. The molecule has 1 saturated heterocycles. The molecular weight excluding hydrogens is 278 g/mol. The Balaban J connectivity index is 1.93. The van der Waals surface area contributed by atoms with Gasteiger partial charge >= 0.3 is 12.0 Å². The molecule has 21 heavy (non-hydrogen) atoms. The second-order valence-electron chi connectivity index (χ2n) is 5.52. The number of carboxylic acids is 1. The first-order valence-corrected chi connectivity index (χ1v) is 6.97. The van der Waals surface area contributed by atoms with E-state index in [1.54, 1.807) is 0 Å². The van der Waals surface area contributed by atoms with Crippen molar-refractivity contribution in [2.24, 2.45) is 5.92 Å². The number of hydrogen-bond donors (Lipinski definition) is 2. The van der Waals surface area contributed by atoms with Crippen LogP contribution in [0.3, 0.4) is 0 Å². The average Bonchev–Trinajstić information content (AvgIpc) is 2.66. The van der Waals surface area contributed by atoms with Crippen LogP contribution in [0.15, 0.2) is 0 Å². The predicted molar refractivity (Wildman–Crippen MR) is 71.3 cm³/mol. The van der Waals surface area contributed by atoms with Gasteiger partial charge in [-0.3, -0.25) is 19.3 Å². The summed E-state index contributed by atoms with van der Waals surface area (Å²) >= 11 is 0. The van der Waals surface area contributed by atoms with Crippen LogP contribution in [-0.4, -0.2) is 64.9 Å². The highest BCUT2D eigenvalue weighted by Gasteiger charge is 2.36. The first-order chi connectivity index (χ1) is 9.90. The number of carbonyl (C=O) groups is 4. The molecule has 0 aromatic carbocycles. The maximum atomic E-state index is 12.0. The quantitative estimate of drug-likeness (QED) is 0.689. The molecule has 1 heterocycles. The molecule has 2 rings (SSSR count). The number of rotatable bonds is 4. The van der Waals surface area contributed by atoms with Crippen molar-refractivity contribution in [2.75, 3.05) is 20.1 Å². The fourth-order valence-corrected chi connectivity index (χ4v) is 2.82. The Hall–Kier alpha value is -2.12. The van der Waals surface area contributed by atoms with Crippen molar-refractivity contribution < 1.29 is 24.3 Å². The molecular formula is C13H19N3O5. The van der Waals surface area contributed by atoms with Crippen molar-refractivity contribution in [1.29, 1.82) is 0 Å². The molecule has 1 saturated carbocycles. The summed E-state index contributed by atoms with van der Waals surface area (Å²) in [5.41, 5.74) is 0. The van der Waals surface area contributed by atoms with E-state index >= 15 is 0 Å². The van der Waals surface area contributed by atoms with Crippen LogP contribution in [0.25, 0.3) is 0 Å². The van der Waals surface area contributed by atoms with E-state index in [2.05, 4.69) is 5.32 Å². The number of nitrogens with one attached hydrogen (secondary N) is 1. The number of amides is 4. The van der Waals surface area contributed by atoms with E-state index in [1.165, 1.54) is 11.9 Å². The van der Waals surface area contributed by atoms with Gasteiger partial charge < -0.3 is 15.3 Å². The number of carbonyl (C=O) groups excluding carboxylic acids is 3. The van der Waals surface area contributed by atoms with E-state index in [0.717, 1.165) is 17.7 Å². The van der Waals surface area contributed by atoms with E-state index in [0.29, 0.717) is 12.8 Å². The Labute approximate surface area is 122 Å². The lowest BCUT2D eigenvalue weighted by Gasteiger charge is -2.29. The highest BCUT2D eigenvalue weighted by Crippen LogP contribution is 2.24. The lowest BCUT2D eigenvalue weighted by Crippen LogP contribution is -2.49. The van der Waals surface area contributed by atoms with Crippen LogP contribution in [0.1, 0.15) is 25.7 Å². The van der Waals surface area contributed by atoms with Gasteiger partial charge in [0, 0.05) is 13.1 Å². The SMILES string of the molecule is CN1CC(=O)N(CC(=O)NC2CCCCC2C(=O)O)C1=O. The summed E-state index contributed by atoms with van der Waals surface area (Å²) in [6, 6.07) is -0.942. The third-order valence-corrected chi connectivity index (χ3v) is 3.96. The molecule has 0 spiro atoms. The molecule has 2 N–H and O–H groups in total. The fraction of sp³-hybridized carbons (Fsp3) is 0.692. The number of nitrogens with zero attached hydrogens (tertiary/aromatic N) is 2. The monoisotopic (exact) mass is 297 g/mol. The Kier molecular flexibility index (Phi) is 4.44. The summed E-state index contributed by atoms with van der Waals surface area (Å²) in [6.45, 7) is -0.391. The zero-order valence-corrected chi connectivity index (χ0v) is 11.9. The zero-order valence-electron chi connectivity index (χ0n) is 11.9. The van der Waals surface area contributed by atoms with Crippen molar-refractivity contribution in [2.45, 2.75) is 31.7 Å². The molecule has 2 fully saturated rings. The van der Waals surface area contributed by atoms with Gasteiger partial charge in [0.2, 0.25) is 5.91 Å². The van der Waals surface area contributed by atoms with Gasteiger partial charge in [0.25, 0.3) is 5.91 Å². The van der Waals surface area contributed by atoms with Gasteiger partial charge in [-0.2, -0.15) is 0 Å². The minimum Gasteiger partial charge on any atom is -0.481 e. The molecule has 0 aromatic heterocycles. The van der Waals surface area contributed by atoms with E-state index in [9.17, 15) is 19.2 Å². The average molecular weight is 297 g/mol. The number of likely N-dealkylation sites (N-methyl/N-ethyl adjacent to an activating group) is 1. The maximum absolute atomic E-state index is 12.0. The van der Waals surface area contributed by atoms with E-state index < -0.39 is 35.8 Å². The van der Waals surface area contributed by atoms with Gasteiger partial charge in [-0.05, 0) is 12.8 Å². The second kappa shape index (κ2) is 6.11. The summed E-state index contributed by atoms with van der Waals surface area (Å²) < 4.78 is 0. The topological polar surface area (TPSA) is 107 Å². The number of imide groups is 1. The van der Waals surface area contributed by atoms with E-state index in [-0.39, 0.29) is 13.1 Å². The molecule has 8 nitrogen and oxygen atoms in total. The molecule has 2 unspecified atom stereocenters. The first-order valence-electron chi connectivity index (χ1n) is 6.97. The molecule has 1 aliphatic heterocycles. The largest absolute Gasteiger partial charge is 0.481 e. The van der Waals surface area contributed by atoms with Gasteiger partial charge in [0.05, 0.1) is 5.92 Å². The third kappa shape index (κ3) is 3.32. The van der Waals surface area contributed by atoms with Crippen LogP contribution in [0.4, 0.5) is 4.79 Å². The van der Waals surface area contributed by atoms with Crippen LogP contribution >= 0.6 is 0 Å². The van der Waals surface area contributed by atoms with Gasteiger partial charge in [-0.25, -0.2) is 4.79 Å². The van der Waals surface area contributed by atoms with Crippen LogP contribution in [0.2, 0.25) is 0 Å². The molecule has 8 heteroatoms. The molecule has 116 valence electrons. The van der Waals surface area contributed by atoms with Gasteiger partial charge in [-0.1, -0.05) is 12.8 Å². The molecule has 0 radical (unpaired) electrons. The third-order valence-electron chi connectivity index (χ3n) is 3.96. The Morgan fingerprint density at radius 3 is 2.52 bits per heavy atom. The smallest absolute Gasteiger partial charge is 0.327 e. The van der Waals surface area contributed by atoms with Crippen molar-refractivity contribution in [3.8, 4) is 0 Å². The molecule has 2 atom stereocenters. The van der Waals surface area contributed by atoms with Crippen molar-refractivity contribution in [3.05, 3.63) is 0 Å². The van der Waals surface area contributed by atoms with Crippen LogP contribution in [0.5, 0.6) is 0 Å². The van der Waals surface area contributed by atoms with Crippen molar-refractivity contribution in [3.63, 3.8) is 0 Å². The molecule has 0 aromatic rings.